The van der Waals surface area contributed by atoms with Crippen LogP contribution in [0, 0.1) is 6.92 Å². The van der Waals surface area contributed by atoms with Crippen LogP contribution in [-0.4, -0.2) is 34.8 Å². The Morgan fingerprint density at radius 3 is 2.35 bits per heavy atom. The highest BCUT2D eigenvalue weighted by Gasteiger charge is 2.17. The molecule has 0 radical (unpaired) electrons. The van der Waals surface area contributed by atoms with Crippen LogP contribution in [-0.2, 0) is 0 Å². The lowest BCUT2D eigenvalue weighted by atomic mass is 10.1. The van der Waals surface area contributed by atoms with Gasteiger partial charge in [0.1, 0.15) is 0 Å². The third-order valence-corrected chi connectivity index (χ3v) is 4.19. The van der Waals surface area contributed by atoms with Crippen molar-refractivity contribution in [1.82, 2.24) is 9.88 Å². The van der Waals surface area contributed by atoms with Crippen molar-refractivity contribution in [3.8, 4) is 0 Å². The molecule has 0 fully saturated rings. The van der Waals surface area contributed by atoms with Crippen LogP contribution in [0.4, 0.5) is 5.69 Å². The number of anilines is 1. The highest BCUT2D eigenvalue weighted by molar-refractivity contribution is 6.30. The number of carbonyl (C=O) groups excluding carboxylic acids is 2. The molecule has 138 valence electrons. The highest BCUT2D eigenvalue weighted by Crippen LogP contribution is 2.20. The molecule has 0 atom stereocenters. The maximum atomic E-state index is 12.7. The maximum Gasteiger partial charge on any atom is 0.257 e. The number of aromatic nitrogens is 1. The van der Waals surface area contributed by atoms with Gasteiger partial charge in [-0.15, -0.1) is 0 Å². The summed E-state index contributed by atoms with van der Waals surface area (Å²) in [6.45, 7) is 7.31. The molecule has 0 unspecified atom stereocenters. The van der Waals surface area contributed by atoms with Gasteiger partial charge in [-0.3, -0.25) is 14.6 Å². The van der Waals surface area contributed by atoms with Crippen molar-refractivity contribution in [1.29, 1.82) is 0 Å². The van der Waals surface area contributed by atoms with Gasteiger partial charge in [0, 0.05) is 36.2 Å². The van der Waals surface area contributed by atoms with Crippen LogP contribution in [0.2, 0.25) is 5.02 Å². The van der Waals surface area contributed by atoms with E-state index in [0.29, 0.717) is 34.9 Å². The minimum absolute atomic E-state index is 0.0986. The minimum Gasteiger partial charge on any atom is -0.339 e. The Morgan fingerprint density at radius 1 is 1.08 bits per heavy atom. The van der Waals surface area contributed by atoms with Crippen LogP contribution < -0.4 is 5.32 Å². The zero-order valence-corrected chi connectivity index (χ0v) is 16.1. The molecule has 0 spiro atoms. The Labute approximate surface area is 159 Å². The highest BCUT2D eigenvalue weighted by atomic mass is 35.5. The van der Waals surface area contributed by atoms with E-state index in [4.69, 9.17) is 11.6 Å². The fourth-order valence-corrected chi connectivity index (χ4v) is 2.91. The fraction of sp³-hybridized carbons (Fsp3) is 0.350. The van der Waals surface area contributed by atoms with Gasteiger partial charge in [-0.05, 0) is 49.6 Å². The second kappa shape index (κ2) is 9.34. The largest absolute Gasteiger partial charge is 0.339 e. The lowest BCUT2D eigenvalue weighted by molar-refractivity contribution is 0.0755. The van der Waals surface area contributed by atoms with Crippen LogP contribution in [0.25, 0.3) is 0 Å². The molecule has 1 heterocycles. The number of halogens is 1. The van der Waals surface area contributed by atoms with Gasteiger partial charge >= 0.3 is 0 Å². The summed E-state index contributed by atoms with van der Waals surface area (Å²) in [5.41, 5.74) is 2.31. The van der Waals surface area contributed by atoms with Gasteiger partial charge in [-0.25, -0.2) is 0 Å². The second-order valence-corrected chi connectivity index (χ2v) is 6.60. The summed E-state index contributed by atoms with van der Waals surface area (Å²) in [6, 6.07) is 6.84. The van der Waals surface area contributed by atoms with E-state index >= 15 is 0 Å². The van der Waals surface area contributed by atoms with E-state index in [2.05, 4.69) is 10.3 Å². The molecule has 6 heteroatoms. The Balaban J connectivity index is 2.19. The second-order valence-electron chi connectivity index (χ2n) is 6.17. The molecule has 2 rings (SSSR count). The molecule has 0 aliphatic rings. The Hall–Kier alpha value is -2.40. The number of aryl methyl sites for hydroxylation is 1. The SMILES string of the molecule is CCCN(CCC)C(=O)c1cncc(C(=O)Nc2ccc(Cl)cc2C)c1. The Kier molecular flexibility index (Phi) is 7.16. The number of hydrogen-bond donors (Lipinski definition) is 1. The predicted molar refractivity (Wildman–Crippen MR) is 105 cm³/mol. The predicted octanol–water partition coefficient (Wildman–Crippen LogP) is 4.56. The van der Waals surface area contributed by atoms with Gasteiger partial charge in [-0.1, -0.05) is 25.4 Å². The molecule has 0 saturated heterocycles. The lowest BCUT2D eigenvalue weighted by Gasteiger charge is -2.21. The van der Waals surface area contributed by atoms with E-state index in [0.717, 1.165) is 18.4 Å². The summed E-state index contributed by atoms with van der Waals surface area (Å²) >= 11 is 5.94. The fourth-order valence-electron chi connectivity index (χ4n) is 2.68. The standard InChI is InChI=1S/C20H24ClN3O2/c1-4-8-24(9-5-2)20(26)16-11-15(12-22-13-16)19(25)23-18-7-6-17(21)10-14(18)3/h6-7,10-13H,4-5,8-9H2,1-3H3,(H,23,25). The number of amides is 2. The quantitative estimate of drug-likeness (QED) is 0.773. The third kappa shape index (κ3) is 5.05. The van der Waals surface area contributed by atoms with E-state index in [1.807, 2.05) is 20.8 Å². The molecule has 1 N–H and O–H groups in total. The first-order chi connectivity index (χ1) is 12.5. The van der Waals surface area contributed by atoms with E-state index in [1.165, 1.54) is 12.4 Å². The number of rotatable bonds is 7. The molecular formula is C20H24ClN3O2. The molecule has 0 saturated carbocycles. The average Bonchev–Trinajstić information content (AvgIpc) is 2.63. The summed E-state index contributed by atoms with van der Waals surface area (Å²) in [7, 11) is 0. The molecule has 2 amide bonds. The van der Waals surface area contributed by atoms with Crippen molar-refractivity contribution in [3.05, 3.63) is 58.4 Å². The third-order valence-electron chi connectivity index (χ3n) is 3.96. The molecule has 26 heavy (non-hydrogen) atoms. The van der Waals surface area contributed by atoms with Crippen molar-refractivity contribution in [2.45, 2.75) is 33.6 Å². The first-order valence-electron chi connectivity index (χ1n) is 8.78. The smallest absolute Gasteiger partial charge is 0.257 e. The van der Waals surface area contributed by atoms with Crippen LogP contribution in [0.15, 0.2) is 36.7 Å². The van der Waals surface area contributed by atoms with Crippen LogP contribution >= 0.6 is 11.6 Å². The van der Waals surface area contributed by atoms with E-state index < -0.39 is 0 Å². The van der Waals surface area contributed by atoms with E-state index in [1.54, 1.807) is 29.2 Å². The van der Waals surface area contributed by atoms with E-state index in [9.17, 15) is 9.59 Å². The maximum absolute atomic E-state index is 12.7. The normalized spacial score (nSPS) is 10.5. The van der Waals surface area contributed by atoms with Gasteiger partial charge in [-0.2, -0.15) is 0 Å². The molecule has 1 aromatic carbocycles. The molecule has 0 bridgehead atoms. The number of carbonyl (C=O) groups is 2. The van der Waals surface area contributed by atoms with E-state index in [-0.39, 0.29) is 11.8 Å². The van der Waals surface area contributed by atoms with Gasteiger partial charge in [0.05, 0.1) is 11.1 Å². The van der Waals surface area contributed by atoms with Crippen LogP contribution in [0.3, 0.4) is 0 Å². The Morgan fingerprint density at radius 2 is 1.73 bits per heavy atom. The summed E-state index contributed by atoms with van der Waals surface area (Å²) < 4.78 is 0. The topological polar surface area (TPSA) is 62.3 Å². The molecular weight excluding hydrogens is 350 g/mol. The average molecular weight is 374 g/mol. The zero-order chi connectivity index (χ0) is 19.1. The van der Waals surface area contributed by atoms with Crippen LogP contribution in [0.5, 0.6) is 0 Å². The molecule has 5 nitrogen and oxygen atoms in total. The summed E-state index contributed by atoms with van der Waals surface area (Å²) in [4.78, 5) is 31.1. The molecule has 0 aliphatic heterocycles. The summed E-state index contributed by atoms with van der Waals surface area (Å²) in [5, 5.41) is 3.45. The van der Waals surface area contributed by atoms with Gasteiger partial charge in [0.25, 0.3) is 11.8 Å². The van der Waals surface area contributed by atoms with Gasteiger partial charge in [0.2, 0.25) is 0 Å². The van der Waals surface area contributed by atoms with Crippen molar-refractivity contribution in [2.24, 2.45) is 0 Å². The van der Waals surface area contributed by atoms with Gasteiger partial charge < -0.3 is 10.2 Å². The van der Waals surface area contributed by atoms with Crippen molar-refractivity contribution >= 4 is 29.1 Å². The van der Waals surface area contributed by atoms with Crippen LogP contribution in [0.1, 0.15) is 53.0 Å². The van der Waals surface area contributed by atoms with Crippen molar-refractivity contribution in [2.75, 3.05) is 18.4 Å². The van der Waals surface area contributed by atoms with Crippen molar-refractivity contribution in [3.63, 3.8) is 0 Å². The lowest BCUT2D eigenvalue weighted by Crippen LogP contribution is -2.32. The Bertz CT molecular complexity index is 786. The molecule has 2 aromatic rings. The molecule has 0 aliphatic carbocycles. The first-order valence-corrected chi connectivity index (χ1v) is 9.15. The number of nitrogens with one attached hydrogen (secondary N) is 1. The zero-order valence-electron chi connectivity index (χ0n) is 15.4. The monoisotopic (exact) mass is 373 g/mol. The number of nitrogens with zero attached hydrogens (tertiary/aromatic N) is 2. The molecule has 1 aromatic heterocycles. The number of hydrogen-bond acceptors (Lipinski definition) is 3. The minimum atomic E-state index is -0.310. The summed E-state index contributed by atoms with van der Waals surface area (Å²) in [6.07, 6.45) is 4.73. The summed E-state index contributed by atoms with van der Waals surface area (Å²) in [5.74, 6) is -0.409. The number of pyridine rings is 1. The van der Waals surface area contributed by atoms with Crippen molar-refractivity contribution < 1.29 is 9.59 Å². The first kappa shape index (κ1) is 19.9. The number of benzene rings is 1. The van der Waals surface area contributed by atoms with Gasteiger partial charge in [0.15, 0.2) is 0 Å².